The minimum atomic E-state index is -3.92. The van der Waals surface area contributed by atoms with Crippen LogP contribution in [0.4, 0.5) is 5.69 Å². The van der Waals surface area contributed by atoms with Crippen molar-refractivity contribution in [2.45, 2.75) is 20.8 Å². The number of anilines is 1. The highest BCUT2D eigenvalue weighted by molar-refractivity contribution is 7.90. The first-order chi connectivity index (χ1) is 11.2. The molecule has 2 rings (SSSR count). The van der Waals surface area contributed by atoms with Crippen LogP contribution in [0.3, 0.4) is 0 Å². The smallest absolute Gasteiger partial charge is 0.321 e. The molecular weight excluding hydrogens is 375 g/mol. The lowest BCUT2D eigenvalue weighted by atomic mass is 10.1. The van der Waals surface area contributed by atoms with Gasteiger partial charge in [0, 0.05) is 13.1 Å². The number of aryl methyl sites for hydroxylation is 1. The molecule has 0 bridgehead atoms. The minimum absolute atomic E-state index is 0.00334. The maximum absolute atomic E-state index is 12.9. The molecule has 0 aliphatic carbocycles. The van der Waals surface area contributed by atoms with E-state index in [2.05, 4.69) is 0 Å². The molecule has 1 fully saturated rings. The average molecular weight is 395 g/mol. The van der Waals surface area contributed by atoms with Crippen LogP contribution in [0.25, 0.3) is 0 Å². The number of esters is 1. The summed E-state index contributed by atoms with van der Waals surface area (Å²) in [5, 5.41) is 0.516. The molecule has 134 valence electrons. The highest BCUT2D eigenvalue weighted by Gasteiger charge is 2.39. The Bertz CT molecular complexity index is 716. The largest absolute Gasteiger partial charge is 0.465 e. The van der Waals surface area contributed by atoms with E-state index in [-0.39, 0.29) is 47.9 Å². The molecule has 1 aromatic rings. The number of hydrogen-bond donors (Lipinski definition) is 0. The summed E-state index contributed by atoms with van der Waals surface area (Å²) in [5.74, 6) is -0.590. The summed E-state index contributed by atoms with van der Waals surface area (Å²) in [7, 11) is -3.92. The summed E-state index contributed by atoms with van der Waals surface area (Å²) in [6.07, 6.45) is 0. The molecule has 1 unspecified atom stereocenters. The molecule has 1 heterocycles. The number of carbonyl (C=O) groups is 1. The van der Waals surface area contributed by atoms with Gasteiger partial charge >= 0.3 is 16.2 Å². The van der Waals surface area contributed by atoms with Crippen LogP contribution in [-0.4, -0.2) is 44.9 Å². The average Bonchev–Trinajstić information content (AvgIpc) is 2.43. The predicted octanol–water partition coefficient (Wildman–Crippen LogP) is 2.87. The van der Waals surface area contributed by atoms with Crippen molar-refractivity contribution in [2.75, 3.05) is 30.5 Å². The topological polar surface area (TPSA) is 66.9 Å². The highest BCUT2D eigenvalue weighted by atomic mass is 35.5. The Hall–Kier alpha value is -1.02. The molecule has 0 saturated carbocycles. The first kappa shape index (κ1) is 19.3. The molecule has 0 spiro atoms. The summed E-state index contributed by atoms with van der Waals surface area (Å²) >= 11 is 12.5. The quantitative estimate of drug-likeness (QED) is 0.736. The van der Waals surface area contributed by atoms with Gasteiger partial charge in [0.1, 0.15) is 6.54 Å². The first-order valence-corrected chi connectivity index (χ1v) is 9.71. The summed E-state index contributed by atoms with van der Waals surface area (Å²) in [6.45, 7) is 5.73. The maximum Gasteiger partial charge on any atom is 0.321 e. The molecular formula is C15H20Cl2N2O4S. The van der Waals surface area contributed by atoms with E-state index in [4.69, 9.17) is 27.9 Å². The van der Waals surface area contributed by atoms with Gasteiger partial charge in [0.05, 0.1) is 22.3 Å². The monoisotopic (exact) mass is 394 g/mol. The van der Waals surface area contributed by atoms with Gasteiger partial charge in [-0.05, 0) is 37.5 Å². The normalized spacial score (nSPS) is 20.9. The van der Waals surface area contributed by atoms with Crippen LogP contribution in [0.2, 0.25) is 10.0 Å². The third-order valence-corrected chi connectivity index (χ3v) is 6.01. The van der Waals surface area contributed by atoms with E-state index in [0.29, 0.717) is 0 Å². The SMILES string of the molecule is CCOC(=O)CN1CC(C)CN(c2c(Cl)cc(C)cc2Cl)S1(=O)=O. The van der Waals surface area contributed by atoms with Gasteiger partial charge in [-0.1, -0.05) is 30.1 Å². The number of carbonyl (C=O) groups excluding carboxylic acids is 1. The van der Waals surface area contributed by atoms with E-state index in [1.165, 1.54) is 4.31 Å². The summed E-state index contributed by atoms with van der Waals surface area (Å²) < 4.78 is 33.0. The number of rotatable bonds is 4. The van der Waals surface area contributed by atoms with Crippen LogP contribution in [0, 0.1) is 12.8 Å². The van der Waals surface area contributed by atoms with Crippen molar-refractivity contribution in [3.8, 4) is 0 Å². The van der Waals surface area contributed by atoms with Gasteiger partial charge in [0.2, 0.25) is 0 Å². The molecule has 24 heavy (non-hydrogen) atoms. The van der Waals surface area contributed by atoms with Crippen molar-refractivity contribution in [2.24, 2.45) is 5.92 Å². The molecule has 1 atom stereocenters. The van der Waals surface area contributed by atoms with Crippen LogP contribution >= 0.6 is 23.2 Å². The molecule has 0 radical (unpaired) electrons. The second-order valence-electron chi connectivity index (χ2n) is 5.82. The third-order valence-electron chi connectivity index (χ3n) is 3.62. The van der Waals surface area contributed by atoms with Crippen molar-refractivity contribution >= 4 is 45.1 Å². The molecule has 6 nitrogen and oxygen atoms in total. The molecule has 0 amide bonds. The summed E-state index contributed by atoms with van der Waals surface area (Å²) in [6, 6.07) is 3.32. The van der Waals surface area contributed by atoms with E-state index < -0.39 is 16.2 Å². The number of hydrogen-bond acceptors (Lipinski definition) is 4. The van der Waals surface area contributed by atoms with Crippen LogP contribution < -0.4 is 4.31 Å². The van der Waals surface area contributed by atoms with E-state index in [9.17, 15) is 13.2 Å². The van der Waals surface area contributed by atoms with Gasteiger partial charge in [-0.3, -0.25) is 9.10 Å². The Balaban J connectivity index is 2.42. The Labute approximate surface area is 152 Å². The van der Waals surface area contributed by atoms with E-state index in [1.807, 2.05) is 13.8 Å². The molecule has 1 saturated heterocycles. The first-order valence-electron chi connectivity index (χ1n) is 7.55. The highest BCUT2D eigenvalue weighted by Crippen LogP contribution is 2.39. The van der Waals surface area contributed by atoms with E-state index in [1.54, 1.807) is 19.1 Å². The van der Waals surface area contributed by atoms with Gasteiger partial charge < -0.3 is 4.74 Å². The minimum Gasteiger partial charge on any atom is -0.465 e. The fourth-order valence-corrected chi connectivity index (χ4v) is 5.41. The second-order valence-corrected chi connectivity index (χ2v) is 8.49. The standard InChI is InChI=1S/C15H20Cl2N2O4S/c1-4-23-14(20)9-18-7-11(3)8-19(24(18,21)22)15-12(16)5-10(2)6-13(15)17/h5-6,11H,4,7-9H2,1-3H3. The van der Waals surface area contributed by atoms with Crippen LogP contribution in [-0.2, 0) is 19.7 Å². The van der Waals surface area contributed by atoms with E-state index in [0.717, 1.165) is 9.87 Å². The molecule has 1 aromatic carbocycles. The van der Waals surface area contributed by atoms with Gasteiger partial charge in [0.25, 0.3) is 0 Å². The summed E-state index contributed by atoms with van der Waals surface area (Å²) in [4.78, 5) is 11.7. The third kappa shape index (κ3) is 3.96. The Kier molecular flexibility index (Phi) is 6.01. The Morgan fingerprint density at radius 2 is 1.88 bits per heavy atom. The Morgan fingerprint density at radius 1 is 1.29 bits per heavy atom. The number of halogens is 2. The van der Waals surface area contributed by atoms with Gasteiger partial charge in [0.15, 0.2) is 0 Å². The van der Waals surface area contributed by atoms with Crippen LogP contribution in [0.1, 0.15) is 19.4 Å². The van der Waals surface area contributed by atoms with Crippen molar-refractivity contribution in [1.29, 1.82) is 0 Å². The van der Waals surface area contributed by atoms with Crippen molar-refractivity contribution in [1.82, 2.24) is 4.31 Å². The maximum atomic E-state index is 12.9. The lowest BCUT2D eigenvalue weighted by Crippen LogP contribution is -2.54. The fourth-order valence-electron chi connectivity index (χ4n) is 2.65. The van der Waals surface area contributed by atoms with Gasteiger partial charge in [-0.2, -0.15) is 12.7 Å². The number of ether oxygens (including phenoxy) is 1. The number of benzene rings is 1. The van der Waals surface area contributed by atoms with Crippen molar-refractivity contribution in [3.05, 3.63) is 27.7 Å². The van der Waals surface area contributed by atoms with Gasteiger partial charge in [-0.15, -0.1) is 0 Å². The van der Waals surface area contributed by atoms with Crippen LogP contribution in [0.15, 0.2) is 12.1 Å². The fraction of sp³-hybridized carbons (Fsp3) is 0.533. The molecule has 9 heteroatoms. The zero-order chi connectivity index (χ0) is 18.1. The molecule has 1 aliphatic heterocycles. The molecule has 0 aromatic heterocycles. The van der Waals surface area contributed by atoms with Crippen molar-refractivity contribution in [3.63, 3.8) is 0 Å². The lowest BCUT2D eigenvalue weighted by Gasteiger charge is -2.39. The predicted molar refractivity (Wildman–Crippen MR) is 94.8 cm³/mol. The second kappa shape index (κ2) is 7.47. The number of nitrogens with zero attached hydrogens (tertiary/aromatic N) is 2. The summed E-state index contributed by atoms with van der Waals surface area (Å²) in [5.41, 5.74) is 1.07. The Morgan fingerprint density at radius 3 is 2.42 bits per heavy atom. The molecule has 0 N–H and O–H groups in total. The van der Waals surface area contributed by atoms with E-state index >= 15 is 0 Å². The van der Waals surface area contributed by atoms with Crippen molar-refractivity contribution < 1.29 is 17.9 Å². The lowest BCUT2D eigenvalue weighted by molar-refractivity contribution is -0.143. The van der Waals surface area contributed by atoms with Crippen LogP contribution in [0.5, 0.6) is 0 Å². The zero-order valence-electron chi connectivity index (χ0n) is 13.8. The zero-order valence-corrected chi connectivity index (χ0v) is 16.1. The van der Waals surface area contributed by atoms with Gasteiger partial charge in [-0.25, -0.2) is 0 Å². The molecule has 1 aliphatic rings.